The number of aliphatic hydroxyl groups is 1. The van der Waals surface area contributed by atoms with Crippen LogP contribution < -0.4 is 10.6 Å². The molecule has 3 N–H and O–H groups in total. The summed E-state index contributed by atoms with van der Waals surface area (Å²) in [5.41, 5.74) is 0.969. The average molecular weight is 355 g/mol. The number of aliphatic hydroxyl groups excluding tert-OH is 1. The van der Waals surface area contributed by atoms with Crippen LogP contribution in [0.2, 0.25) is 5.02 Å². The number of benzene rings is 1. The van der Waals surface area contributed by atoms with Gasteiger partial charge in [0.15, 0.2) is 0 Å². The van der Waals surface area contributed by atoms with Gasteiger partial charge in [-0.15, -0.1) is 0 Å². The average Bonchev–Trinajstić information content (AvgIpc) is 2.55. The Hall–Kier alpha value is -1.63. The topological polar surface area (TPSA) is 87.7 Å². The summed E-state index contributed by atoms with van der Waals surface area (Å²) in [6.45, 7) is 1.68. The van der Waals surface area contributed by atoms with Crippen LogP contribution in [0, 0.1) is 0 Å². The molecule has 0 spiro atoms. The molecule has 1 heterocycles. The summed E-state index contributed by atoms with van der Waals surface area (Å²) in [5, 5.41) is 15.7. The van der Waals surface area contributed by atoms with Crippen LogP contribution in [0.15, 0.2) is 24.3 Å². The molecule has 1 aliphatic rings. The molecule has 0 aliphatic carbocycles. The lowest BCUT2D eigenvalue weighted by Gasteiger charge is -2.35. The Morgan fingerprint density at radius 1 is 1.29 bits per heavy atom. The third-order valence-electron chi connectivity index (χ3n) is 4.00. The standard InChI is InChI=1S/C17H23ClN2O4/c1-11(22)20-15-7-6-14(24-16(15)10-21)8-17(23)19-9-12-2-4-13(18)5-3-12/h2-5,14-16,21H,6-10H2,1H3,(H,19,23)(H,20,22)/t14-,15-,16+/m1/s1. The Morgan fingerprint density at radius 3 is 2.62 bits per heavy atom. The number of hydrogen-bond donors (Lipinski definition) is 3. The number of hydrogen-bond acceptors (Lipinski definition) is 4. The quantitative estimate of drug-likeness (QED) is 0.720. The molecule has 1 aromatic rings. The van der Waals surface area contributed by atoms with E-state index in [2.05, 4.69) is 10.6 Å². The number of amides is 2. The van der Waals surface area contributed by atoms with Crippen LogP contribution in [0.4, 0.5) is 0 Å². The van der Waals surface area contributed by atoms with Crippen molar-refractivity contribution in [2.75, 3.05) is 6.61 Å². The van der Waals surface area contributed by atoms with Crippen LogP contribution in [0.3, 0.4) is 0 Å². The first-order chi connectivity index (χ1) is 11.5. The minimum atomic E-state index is -0.475. The maximum Gasteiger partial charge on any atom is 0.222 e. The molecule has 0 aromatic heterocycles. The molecule has 2 amide bonds. The van der Waals surface area contributed by atoms with Gasteiger partial charge in [-0.25, -0.2) is 0 Å². The summed E-state index contributed by atoms with van der Waals surface area (Å²) >= 11 is 5.82. The molecule has 1 aliphatic heterocycles. The Morgan fingerprint density at radius 2 is 2.00 bits per heavy atom. The third kappa shape index (κ3) is 5.78. The first-order valence-corrected chi connectivity index (χ1v) is 8.40. The molecule has 24 heavy (non-hydrogen) atoms. The summed E-state index contributed by atoms with van der Waals surface area (Å²) in [4.78, 5) is 23.2. The lowest BCUT2D eigenvalue weighted by atomic mass is 9.97. The number of ether oxygens (including phenoxy) is 1. The predicted molar refractivity (Wildman–Crippen MR) is 90.5 cm³/mol. The molecule has 0 saturated carbocycles. The zero-order valence-corrected chi connectivity index (χ0v) is 14.4. The molecular formula is C17H23ClN2O4. The van der Waals surface area contributed by atoms with Gasteiger partial charge < -0.3 is 20.5 Å². The molecule has 3 atom stereocenters. The maximum absolute atomic E-state index is 12.1. The zero-order chi connectivity index (χ0) is 17.5. The fraction of sp³-hybridized carbons (Fsp3) is 0.529. The number of rotatable bonds is 6. The van der Waals surface area contributed by atoms with Crippen LogP contribution in [-0.2, 0) is 20.9 Å². The van der Waals surface area contributed by atoms with E-state index in [0.717, 1.165) is 5.56 Å². The summed E-state index contributed by atoms with van der Waals surface area (Å²) in [5.74, 6) is -0.258. The van der Waals surface area contributed by atoms with Crippen molar-refractivity contribution in [2.45, 2.75) is 51.0 Å². The zero-order valence-electron chi connectivity index (χ0n) is 13.6. The van der Waals surface area contributed by atoms with E-state index in [9.17, 15) is 14.7 Å². The smallest absolute Gasteiger partial charge is 0.222 e. The molecule has 0 bridgehead atoms. The van der Waals surface area contributed by atoms with Crippen molar-refractivity contribution in [2.24, 2.45) is 0 Å². The van der Waals surface area contributed by atoms with Crippen LogP contribution in [0.1, 0.15) is 31.7 Å². The van der Waals surface area contributed by atoms with Crippen molar-refractivity contribution in [1.29, 1.82) is 0 Å². The lowest BCUT2D eigenvalue weighted by Crippen LogP contribution is -2.51. The van der Waals surface area contributed by atoms with Crippen molar-refractivity contribution >= 4 is 23.4 Å². The number of carbonyl (C=O) groups excluding carboxylic acids is 2. The minimum Gasteiger partial charge on any atom is -0.394 e. The van der Waals surface area contributed by atoms with Crippen LogP contribution in [-0.4, -0.2) is 41.8 Å². The highest BCUT2D eigenvalue weighted by Crippen LogP contribution is 2.22. The molecule has 0 unspecified atom stereocenters. The molecule has 6 nitrogen and oxygen atoms in total. The van der Waals surface area contributed by atoms with Gasteiger partial charge in [0.1, 0.15) is 6.10 Å². The van der Waals surface area contributed by atoms with Gasteiger partial charge in [-0.05, 0) is 30.5 Å². The normalized spacial score (nSPS) is 23.5. The van der Waals surface area contributed by atoms with E-state index in [1.807, 2.05) is 12.1 Å². The first kappa shape index (κ1) is 18.7. The van der Waals surface area contributed by atoms with E-state index in [4.69, 9.17) is 16.3 Å². The third-order valence-corrected chi connectivity index (χ3v) is 4.25. The maximum atomic E-state index is 12.1. The van der Waals surface area contributed by atoms with E-state index in [1.54, 1.807) is 12.1 Å². The molecule has 132 valence electrons. The molecule has 1 aromatic carbocycles. The number of halogens is 1. The van der Waals surface area contributed by atoms with Gasteiger partial charge in [0.25, 0.3) is 0 Å². The van der Waals surface area contributed by atoms with E-state index >= 15 is 0 Å². The largest absolute Gasteiger partial charge is 0.394 e. The Bertz CT molecular complexity index is 564. The van der Waals surface area contributed by atoms with Gasteiger partial charge in [0.05, 0.1) is 25.2 Å². The van der Waals surface area contributed by atoms with Gasteiger partial charge >= 0.3 is 0 Å². The molecule has 1 saturated heterocycles. The van der Waals surface area contributed by atoms with Gasteiger partial charge in [-0.1, -0.05) is 23.7 Å². The van der Waals surface area contributed by atoms with E-state index < -0.39 is 6.10 Å². The first-order valence-electron chi connectivity index (χ1n) is 8.02. The number of carbonyl (C=O) groups is 2. The molecular weight excluding hydrogens is 332 g/mol. The summed E-state index contributed by atoms with van der Waals surface area (Å²) in [7, 11) is 0. The fourth-order valence-electron chi connectivity index (χ4n) is 2.79. The molecule has 2 rings (SSSR count). The summed E-state index contributed by atoms with van der Waals surface area (Å²) in [6, 6.07) is 7.07. The van der Waals surface area contributed by atoms with Crippen molar-refractivity contribution in [3.05, 3.63) is 34.9 Å². The van der Waals surface area contributed by atoms with Crippen LogP contribution in [0.5, 0.6) is 0 Å². The molecule has 0 radical (unpaired) electrons. The Labute approximate surface area is 146 Å². The van der Waals surface area contributed by atoms with Crippen LogP contribution >= 0.6 is 11.6 Å². The second-order valence-electron chi connectivity index (χ2n) is 5.97. The fourth-order valence-corrected chi connectivity index (χ4v) is 2.92. The Balaban J connectivity index is 1.77. The lowest BCUT2D eigenvalue weighted by molar-refractivity contribution is -0.135. The van der Waals surface area contributed by atoms with E-state index in [-0.39, 0.29) is 37.0 Å². The summed E-state index contributed by atoms with van der Waals surface area (Å²) < 4.78 is 5.74. The van der Waals surface area contributed by atoms with Gasteiger partial charge in [-0.3, -0.25) is 9.59 Å². The van der Waals surface area contributed by atoms with Gasteiger partial charge in [-0.2, -0.15) is 0 Å². The Kier molecular flexibility index (Phi) is 7.02. The second-order valence-corrected chi connectivity index (χ2v) is 6.41. The van der Waals surface area contributed by atoms with Crippen molar-refractivity contribution in [1.82, 2.24) is 10.6 Å². The monoisotopic (exact) mass is 354 g/mol. The SMILES string of the molecule is CC(=O)N[C@@H]1CC[C@H](CC(=O)NCc2ccc(Cl)cc2)O[C@H]1CO. The molecule has 1 fully saturated rings. The van der Waals surface area contributed by atoms with Crippen molar-refractivity contribution in [3.8, 4) is 0 Å². The predicted octanol–water partition coefficient (Wildman–Crippen LogP) is 1.39. The highest BCUT2D eigenvalue weighted by molar-refractivity contribution is 6.30. The van der Waals surface area contributed by atoms with Crippen LogP contribution in [0.25, 0.3) is 0 Å². The van der Waals surface area contributed by atoms with Gasteiger partial charge in [0, 0.05) is 18.5 Å². The van der Waals surface area contributed by atoms with E-state index in [1.165, 1.54) is 6.92 Å². The van der Waals surface area contributed by atoms with Gasteiger partial charge in [0.2, 0.25) is 11.8 Å². The highest BCUT2D eigenvalue weighted by atomic mass is 35.5. The minimum absolute atomic E-state index is 0.107. The van der Waals surface area contributed by atoms with E-state index in [0.29, 0.717) is 24.4 Å². The highest BCUT2D eigenvalue weighted by Gasteiger charge is 2.32. The van der Waals surface area contributed by atoms with Crippen molar-refractivity contribution in [3.63, 3.8) is 0 Å². The second kappa shape index (κ2) is 9.01. The van der Waals surface area contributed by atoms with Crippen molar-refractivity contribution < 1.29 is 19.4 Å². The number of nitrogens with one attached hydrogen (secondary N) is 2. The summed E-state index contributed by atoms with van der Waals surface area (Å²) in [6.07, 6.45) is 0.848. The molecule has 7 heteroatoms.